The molecule has 4 aromatic rings. The molecule has 0 bridgehead atoms. The quantitative estimate of drug-likeness (QED) is 0.265. The minimum absolute atomic E-state index is 0.348. The molecule has 0 radical (unpaired) electrons. The zero-order valence-corrected chi connectivity index (χ0v) is 22.4. The number of hydroxylamine groups is 2. The summed E-state index contributed by atoms with van der Waals surface area (Å²) >= 11 is 0. The molecule has 4 aromatic carbocycles. The van der Waals surface area contributed by atoms with Gasteiger partial charge in [0.15, 0.2) is 0 Å². The minimum atomic E-state index is 0.348. The van der Waals surface area contributed by atoms with Crippen LogP contribution in [0.4, 0.5) is 22.7 Å². The number of hydrogen-bond acceptors (Lipinski definition) is 4. The van der Waals surface area contributed by atoms with E-state index in [-0.39, 0.29) is 0 Å². The summed E-state index contributed by atoms with van der Waals surface area (Å²) in [7, 11) is 0. The van der Waals surface area contributed by atoms with Crippen LogP contribution in [0, 0.1) is 20.8 Å². The second-order valence-corrected chi connectivity index (χ2v) is 9.42. The van der Waals surface area contributed by atoms with Gasteiger partial charge in [0.05, 0.1) is 5.69 Å². The molecule has 1 heterocycles. The predicted molar refractivity (Wildman–Crippen MR) is 156 cm³/mol. The third-order valence-electron chi connectivity index (χ3n) is 6.44. The first-order valence-electron chi connectivity index (χ1n) is 13.0. The highest BCUT2D eigenvalue weighted by Crippen LogP contribution is 2.34. The smallest absolute Gasteiger partial charge is 0.322 e. The normalized spacial score (nSPS) is 15.5. The van der Waals surface area contributed by atoms with Gasteiger partial charge in [-0.2, -0.15) is 4.99 Å². The van der Waals surface area contributed by atoms with Gasteiger partial charge in [0, 0.05) is 23.6 Å². The SMILES string of the molecule is CCN1OC/C(=C\c2ccc(N(c3ccccc3)c3ccccc3)cc2)O/C1=N/c1c(C)cc(C)cc1C. The van der Waals surface area contributed by atoms with Gasteiger partial charge in [-0.15, -0.1) is 0 Å². The topological polar surface area (TPSA) is 37.3 Å². The summed E-state index contributed by atoms with van der Waals surface area (Å²) in [5.74, 6) is 0.714. The van der Waals surface area contributed by atoms with Crippen LogP contribution < -0.4 is 4.90 Å². The molecule has 1 aliphatic rings. The number of nitrogens with zero attached hydrogens (tertiary/aromatic N) is 3. The van der Waals surface area contributed by atoms with Gasteiger partial charge in [-0.05, 0) is 86.9 Å². The molecule has 0 aromatic heterocycles. The van der Waals surface area contributed by atoms with Crippen LogP contribution in [0.15, 0.2) is 108 Å². The highest BCUT2D eigenvalue weighted by molar-refractivity contribution is 5.80. The van der Waals surface area contributed by atoms with Gasteiger partial charge in [0.2, 0.25) is 0 Å². The van der Waals surface area contributed by atoms with Crippen LogP contribution in [0.2, 0.25) is 0 Å². The molecule has 0 unspecified atom stereocenters. The minimum Gasteiger partial charge on any atom is -0.426 e. The van der Waals surface area contributed by atoms with Crippen LogP contribution >= 0.6 is 0 Å². The van der Waals surface area contributed by atoms with Gasteiger partial charge < -0.3 is 9.64 Å². The Morgan fingerprint density at radius 1 is 0.789 bits per heavy atom. The van der Waals surface area contributed by atoms with E-state index in [9.17, 15) is 0 Å². The zero-order valence-electron chi connectivity index (χ0n) is 22.4. The van der Waals surface area contributed by atoms with Crippen molar-refractivity contribution in [2.24, 2.45) is 4.99 Å². The number of hydrogen-bond donors (Lipinski definition) is 0. The molecule has 0 atom stereocenters. The van der Waals surface area contributed by atoms with E-state index in [0.29, 0.717) is 24.9 Å². The molecular formula is C33H33N3O2. The summed E-state index contributed by atoms with van der Waals surface area (Å²) in [6, 6.07) is 34.0. The van der Waals surface area contributed by atoms with Gasteiger partial charge in [0.1, 0.15) is 12.4 Å². The molecule has 1 fully saturated rings. The Morgan fingerprint density at radius 2 is 1.34 bits per heavy atom. The summed E-state index contributed by atoms with van der Waals surface area (Å²) in [6.07, 6.45) is 2.01. The molecular weight excluding hydrogens is 470 g/mol. The van der Waals surface area contributed by atoms with E-state index in [4.69, 9.17) is 14.6 Å². The first-order chi connectivity index (χ1) is 18.5. The van der Waals surface area contributed by atoms with E-state index in [2.05, 4.69) is 111 Å². The van der Waals surface area contributed by atoms with Crippen molar-refractivity contribution in [1.82, 2.24) is 5.06 Å². The standard InChI is InChI=1S/C33H33N3O2/c1-5-35-33(34-32-25(3)20-24(2)21-26(32)4)38-31(23-37-35)22-27-16-18-30(19-17-27)36(28-12-8-6-9-13-28)29-14-10-7-11-15-29/h6-22H,5,23H2,1-4H3/b31-22+,34-33+. The van der Waals surface area contributed by atoms with Crippen molar-refractivity contribution in [3.8, 4) is 0 Å². The summed E-state index contributed by atoms with van der Waals surface area (Å²) < 4.78 is 6.26. The second-order valence-electron chi connectivity index (χ2n) is 9.42. The van der Waals surface area contributed by atoms with Crippen molar-refractivity contribution in [2.75, 3.05) is 18.1 Å². The Kier molecular flexibility index (Phi) is 7.57. The molecule has 5 nitrogen and oxygen atoms in total. The van der Waals surface area contributed by atoms with E-state index in [0.717, 1.165) is 39.4 Å². The lowest BCUT2D eigenvalue weighted by Crippen LogP contribution is -2.38. The van der Waals surface area contributed by atoms with Crippen LogP contribution in [0.25, 0.3) is 6.08 Å². The van der Waals surface area contributed by atoms with Gasteiger partial charge >= 0.3 is 6.02 Å². The molecule has 0 amide bonds. The summed E-state index contributed by atoms with van der Waals surface area (Å²) in [5.41, 5.74) is 8.69. The predicted octanol–water partition coefficient (Wildman–Crippen LogP) is 8.39. The molecule has 38 heavy (non-hydrogen) atoms. The number of amidine groups is 1. The number of aryl methyl sites for hydroxylation is 3. The fourth-order valence-corrected chi connectivity index (χ4v) is 4.72. The van der Waals surface area contributed by atoms with Crippen molar-refractivity contribution in [1.29, 1.82) is 0 Å². The molecule has 192 valence electrons. The lowest BCUT2D eigenvalue weighted by atomic mass is 10.1. The van der Waals surface area contributed by atoms with E-state index >= 15 is 0 Å². The maximum atomic E-state index is 6.26. The monoisotopic (exact) mass is 503 g/mol. The molecule has 0 saturated carbocycles. The molecule has 5 heteroatoms. The Balaban J connectivity index is 1.42. The third kappa shape index (κ3) is 5.63. The summed E-state index contributed by atoms with van der Waals surface area (Å²) in [4.78, 5) is 13.1. The molecule has 0 spiro atoms. The lowest BCUT2D eigenvalue weighted by molar-refractivity contribution is -0.130. The first-order valence-corrected chi connectivity index (χ1v) is 13.0. The molecule has 0 N–H and O–H groups in total. The third-order valence-corrected chi connectivity index (χ3v) is 6.44. The van der Waals surface area contributed by atoms with Gasteiger partial charge in [0.25, 0.3) is 0 Å². The van der Waals surface area contributed by atoms with Crippen LogP contribution in [-0.4, -0.2) is 24.2 Å². The Bertz CT molecular complexity index is 1380. The lowest BCUT2D eigenvalue weighted by Gasteiger charge is -2.29. The summed E-state index contributed by atoms with van der Waals surface area (Å²) in [5, 5.41) is 1.71. The van der Waals surface area contributed by atoms with Crippen molar-refractivity contribution >= 4 is 34.8 Å². The van der Waals surface area contributed by atoms with E-state index < -0.39 is 0 Å². The second kappa shape index (κ2) is 11.4. The number of benzene rings is 4. The fraction of sp³-hybridized carbons (Fsp3) is 0.182. The maximum absolute atomic E-state index is 6.26. The summed E-state index contributed by atoms with van der Waals surface area (Å²) in [6.45, 7) is 9.25. The highest BCUT2D eigenvalue weighted by Gasteiger charge is 2.23. The number of anilines is 3. The largest absolute Gasteiger partial charge is 0.426 e. The molecule has 5 rings (SSSR count). The molecule has 0 aliphatic carbocycles. The van der Waals surface area contributed by atoms with Gasteiger partial charge in [-0.3, -0.25) is 4.84 Å². The van der Waals surface area contributed by atoms with E-state index in [1.165, 1.54) is 5.56 Å². The first kappa shape index (κ1) is 25.3. The Labute approximate surface area is 225 Å². The van der Waals surface area contributed by atoms with Gasteiger partial charge in [-0.25, -0.2) is 5.06 Å². The van der Waals surface area contributed by atoms with Crippen molar-refractivity contribution < 1.29 is 9.57 Å². The number of ether oxygens (including phenoxy) is 1. The number of para-hydroxylation sites is 2. The van der Waals surface area contributed by atoms with Crippen molar-refractivity contribution in [3.05, 3.63) is 125 Å². The fourth-order valence-electron chi connectivity index (χ4n) is 4.72. The number of aliphatic imine (C=N–C) groups is 1. The van der Waals surface area contributed by atoms with Crippen LogP contribution in [-0.2, 0) is 9.57 Å². The van der Waals surface area contributed by atoms with Crippen LogP contribution in [0.3, 0.4) is 0 Å². The average Bonchev–Trinajstić information content (AvgIpc) is 2.93. The number of rotatable bonds is 6. The van der Waals surface area contributed by atoms with Crippen molar-refractivity contribution in [3.63, 3.8) is 0 Å². The van der Waals surface area contributed by atoms with E-state index in [1.807, 2.05) is 25.1 Å². The van der Waals surface area contributed by atoms with Crippen LogP contribution in [0.1, 0.15) is 29.2 Å². The maximum Gasteiger partial charge on any atom is 0.322 e. The van der Waals surface area contributed by atoms with Crippen LogP contribution in [0.5, 0.6) is 0 Å². The van der Waals surface area contributed by atoms with Crippen molar-refractivity contribution in [2.45, 2.75) is 27.7 Å². The zero-order chi connectivity index (χ0) is 26.5. The molecule has 1 aliphatic heterocycles. The molecule has 1 saturated heterocycles. The van der Waals surface area contributed by atoms with Gasteiger partial charge in [-0.1, -0.05) is 66.2 Å². The average molecular weight is 504 g/mol. The Morgan fingerprint density at radius 3 is 1.89 bits per heavy atom. The highest BCUT2D eigenvalue weighted by atomic mass is 16.7. The Hall–Kier alpha value is -4.35. The van der Waals surface area contributed by atoms with E-state index in [1.54, 1.807) is 5.06 Å².